The van der Waals surface area contributed by atoms with Crippen LogP contribution < -0.4 is 4.72 Å². The van der Waals surface area contributed by atoms with Crippen LogP contribution in [0.3, 0.4) is 0 Å². The molecule has 0 atom stereocenters. The minimum Gasteiger partial charge on any atom is -0.351 e. The highest BCUT2D eigenvalue weighted by Gasteiger charge is 2.20. The van der Waals surface area contributed by atoms with Gasteiger partial charge < -0.3 is 4.98 Å². The van der Waals surface area contributed by atoms with E-state index in [1.807, 2.05) is 12.1 Å². The Morgan fingerprint density at radius 3 is 2.50 bits per heavy atom. The van der Waals surface area contributed by atoms with Crippen molar-refractivity contribution < 1.29 is 16.8 Å². The summed E-state index contributed by atoms with van der Waals surface area (Å²) in [4.78, 5) is 7.52. The zero-order chi connectivity index (χ0) is 19.9. The summed E-state index contributed by atoms with van der Waals surface area (Å²) in [6.45, 7) is 0.769. The predicted octanol–water partition coefficient (Wildman–Crippen LogP) is 2.87. The van der Waals surface area contributed by atoms with Gasteiger partial charge in [-0.1, -0.05) is 18.2 Å². The van der Waals surface area contributed by atoms with Gasteiger partial charge in [0.2, 0.25) is 0 Å². The minimum atomic E-state index is -3.97. The topological polar surface area (TPSA) is 108 Å². The number of para-hydroxylation sites is 1. The van der Waals surface area contributed by atoms with Crippen LogP contribution in [0.15, 0.2) is 63.3 Å². The fourth-order valence-corrected chi connectivity index (χ4v) is 5.61. The summed E-state index contributed by atoms with van der Waals surface area (Å²) >= 11 is 1.65. The van der Waals surface area contributed by atoms with Gasteiger partial charge in [0.1, 0.15) is 5.04 Å². The molecule has 146 valence electrons. The van der Waals surface area contributed by atoms with Gasteiger partial charge >= 0.3 is 0 Å². The number of hydrogen-bond donors (Lipinski definition) is 2. The second-order valence-electron chi connectivity index (χ2n) is 6.34. The number of anilines is 1. The Morgan fingerprint density at radius 2 is 1.79 bits per heavy atom. The van der Waals surface area contributed by atoms with Gasteiger partial charge in [0.15, 0.2) is 9.84 Å². The molecule has 0 fully saturated rings. The number of sulfonamides is 1. The molecular formula is C18H17N3O4S3. The molecule has 0 bridgehead atoms. The van der Waals surface area contributed by atoms with Crippen molar-refractivity contribution in [2.75, 3.05) is 23.3 Å². The van der Waals surface area contributed by atoms with Crippen molar-refractivity contribution in [2.45, 2.75) is 9.79 Å². The fraction of sp³-hybridized carbons (Fsp3) is 0.167. The summed E-state index contributed by atoms with van der Waals surface area (Å²) in [5.41, 5.74) is 1.89. The Kier molecular flexibility index (Phi) is 4.72. The molecule has 3 aromatic rings. The van der Waals surface area contributed by atoms with Crippen molar-refractivity contribution in [3.63, 3.8) is 0 Å². The lowest BCUT2D eigenvalue weighted by Crippen LogP contribution is -2.14. The number of thioether (sulfide) groups is 1. The number of rotatable bonds is 5. The van der Waals surface area contributed by atoms with Crippen molar-refractivity contribution >= 4 is 53.3 Å². The number of aliphatic imine (C=N–C) groups is 1. The Hall–Kier alpha value is -2.30. The molecule has 2 heterocycles. The van der Waals surface area contributed by atoms with Crippen LogP contribution in [-0.4, -0.2) is 45.4 Å². The SMILES string of the molecule is CS(=O)(=O)c1cccc(S(=O)(=O)Nc2cccc3cc(C4=NCCS4)[nH]c23)c1. The van der Waals surface area contributed by atoms with E-state index in [0.717, 1.165) is 40.7 Å². The van der Waals surface area contributed by atoms with Crippen LogP contribution in [-0.2, 0) is 19.9 Å². The molecule has 10 heteroatoms. The maximum Gasteiger partial charge on any atom is 0.262 e. The van der Waals surface area contributed by atoms with Crippen LogP contribution in [0.4, 0.5) is 5.69 Å². The molecular weight excluding hydrogens is 418 g/mol. The van der Waals surface area contributed by atoms with Gasteiger partial charge in [-0.05, 0) is 30.3 Å². The summed E-state index contributed by atoms with van der Waals surface area (Å²) in [6, 6.07) is 12.5. The molecule has 7 nitrogen and oxygen atoms in total. The second kappa shape index (κ2) is 6.94. The van der Waals surface area contributed by atoms with E-state index in [1.54, 1.807) is 23.9 Å². The van der Waals surface area contributed by atoms with Crippen molar-refractivity contribution in [3.8, 4) is 0 Å². The summed E-state index contributed by atoms with van der Waals surface area (Å²) in [5.74, 6) is 0.931. The number of H-pyrrole nitrogens is 1. The maximum absolute atomic E-state index is 12.8. The molecule has 2 N–H and O–H groups in total. The molecule has 2 aromatic carbocycles. The van der Waals surface area contributed by atoms with Crippen LogP contribution in [0, 0.1) is 0 Å². The Balaban J connectivity index is 1.73. The van der Waals surface area contributed by atoms with Gasteiger partial charge in [-0.15, -0.1) is 11.8 Å². The first-order valence-electron chi connectivity index (χ1n) is 8.36. The molecule has 0 radical (unpaired) electrons. The van der Waals surface area contributed by atoms with Crippen LogP contribution >= 0.6 is 11.8 Å². The predicted molar refractivity (Wildman–Crippen MR) is 113 cm³/mol. The van der Waals surface area contributed by atoms with E-state index in [0.29, 0.717) is 11.2 Å². The summed E-state index contributed by atoms with van der Waals surface area (Å²) in [6.07, 6.45) is 1.04. The number of benzene rings is 2. The Morgan fingerprint density at radius 1 is 1.04 bits per heavy atom. The molecule has 4 rings (SSSR count). The van der Waals surface area contributed by atoms with E-state index in [1.165, 1.54) is 18.2 Å². The number of hydrogen-bond acceptors (Lipinski definition) is 6. The van der Waals surface area contributed by atoms with Crippen molar-refractivity contribution in [3.05, 3.63) is 54.2 Å². The van der Waals surface area contributed by atoms with Gasteiger partial charge in [-0.25, -0.2) is 16.8 Å². The van der Waals surface area contributed by atoms with Crippen molar-refractivity contribution in [1.29, 1.82) is 0 Å². The largest absolute Gasteiger partial charge is 0.351 e. The third kappa shape index (κ3) is 3.67. The monoisotopic (exact) mass is 435 g/mol. The first kappa shape index (κ1) is 19.0. The van der Waals surface area contributed by atoms with Gasteiger partial charge in [-0.2, -0.15) is 0 Å². The molecule has 28 heavy (non-hydrogen) atoms. The lowest BCUT2D eigenvalue weighted by Gasteiger charge is -2.10. The van der Waals surface area contributed by atoms with Crippen LogP contribution in [0.5, 0.6) is 0 Å². The van der Waals surface area contributed by atoms with E-state index in [-0.39, 0.29) is 9.79 Å². The summed E-state index contributed by atoms with van der Waals surface area (Å²) in [7, 11) is -7.48. The number of aromatic nitrogens is 1. The van der Waals surface area contributed by atoms with Crippen molar-refractivity contribution in [2.24, 2.45) is 4.99 Å². The van der Waals surface area contributed by atoms with Crippen LogP contribution in [0.1, 0.15) is 5.69 Å². The average Bonchev–Trinajstić information content (AvgIpc) is 3.31. The third-order valence-electron chi connectivity index (χ3n) is 4.26. The molecule has 0 aliphatic carbocycles. The smallest absolute Gasteiger partial charge is 0.262 e. The number of sulfone groups is 1. The Labute approximate surface area is 167 Å². The normalized spacial score (nSPS) is 15.0. The molecule has 0 saturated carbocycles. The Bertz CT molecular complexity index is 1310. The van der Waals surface area contributed by atoms with E-state index in [4.69, 9.17) is 0 Å². The standard InChI is InChI=1S/C18H17N3O4S3/c1-27(22,23)13-5-3-6-14(11-13)28(24,25)21-15-7-2-4-12-10-16(20-17(12)15)18-19-8-9-26-18/h2-7,10-11,20-21H,8-9H2,1H3. The minimum absolute atomic E-state index is 0.0491. The molecule has 0 unspecified atom stereocenters. The molecule has 1 aliphatic rings. The number of fused-ring (bicyclic) bond motifs is 1. The first-order valence-corrected chi connectivity index (χ1v) is 12.7. The average molecular weight is 436 g/mol. The quantitative estimate of drug-likeness (QED) is 0.641. The second-order valence-corrected chi connectivity index (χ2v) is 11.1. The molecule has 0 spiro atoms. The van der Waals surface area contributed by atoms with E-state index in [9.17, 15) is 16.8 Å². The molecule has 1 aliphatic heterocycles. The highest BCUT2D eigenvalue weighted by atomic mass is 32.2. The van der Waals surface area contributed by atoms with Crippen LogP contribution in [0.2, 0.25) is 0 Å². The zero-order valence-corrected chi connectivity index (χ0v) is 17.3. The zero-order valence-electron chi connectivity index (χ0n) is 14.8. The fourth-order valence-electron chi connectivity index (χ4n) is 2.93. The molecule has 0 saturated heterocycles. The third-order valence-corrected chi connectivity index (χ3v) is 7.74. The van der Waals surface area contributed by atoms with E-state index >= 15 is 0 Å². The van der Waals surface area contributed by atoms with E-state index in [2.05, 4.69) is 14.7 Å². The summed E-state index contributed by atoms with van der Waals surface area (Å²) in [5, 5.41) is 1.76. The lowest BCUT2D eigenvalue weighted by atomic mass is 10.2. The van der Waals surface area contributed by atoms with Crippen LogP contribution in [0.25, 0.3) is 10.9 Å². The maximum atomic E-state index is 12.8. The van der Waals surface area contributed by atoms with E-state index < -0.39 is 19.9 Å². The van der Waals surface area contributed by atoms with Gasteiger partial charge in [0, 0.05) is 23.9 Å². The first-order chi connectivity index (χ1) is 13.2. The number of nitrogens with zero attached hydrogens (tertiary/aromatic N) is 1. The summed E-state index contributed by atoms with van der Waals surface area (Å²) < 4.78 is 51.7. The highest BCUT2D eigenvalue weighted by Crippen LogP contribution is 2.29. The molecule has 0 amide bonds. The van der Waals surface area contributed by atoms with Gasteiger partial charge in [0.05, 0.1) is 26.7 Å². The van der Waals surface area contributed by atoms with Gasteiger partial charge in [0.25, 0.3) is 10.0 Å². The lowest BCUT2D eigenvalue weighted by molar-refractivity contribution is 0.599. The molecule has 1 aromatic heterocycles. The number of nitrogens with one attached hydrogen (secondary N) is 2. The van der Waals surface area contributed by atoms with Gasteiger partial charge in [-0.3, -0.25) is 9.71 Å². The van der Waals surface area contributed by atoms with Crippen molar-refractivity contribution in [1.82, 2.24) is 4.98 Å². The highest BCUT2D eigenvalue weighted by molar-refractivity contribution is 8.14. The number of aromatic amines is 1.